The first-order valence-electron chi connectivity index (χ1n) is 5.31. The molecule has 0 amide bonds. The van der Waals surface area contributed by atoms with Crippen molar-refractivity contribution in [3.8, 4) is 11.5 Å². The van der Waals surface area contributed by atoms with E-state index in [1.165, 1.54) is 0 Å². The fourth-order valence-electron chi connectivity index (χ4n) is 1.70. The molecule has 84 valence electrons. The van der Waals surface area contributed by atoms with Crippen molar-refractivity contribution in [1.29, 1.82) is 0 Å². The molecule has 0 aliphatic carbocycles. The second-order valence-electron chi connectivity index (χ2n) is 4.52. The predicted molar refractivity (Wildman–Crippen MR) is 62.9 cm³/mol. The van der Waals surface area contributed by atoms with E-state index < -0.39 is 0 Å². The van der Waals surface area contributed by atoms with Gasteiger partial charge in [-0.15, -0.1) is 0 Å². The van der Waals surface area contributed by atoms with Crippen molar-refractivity contribution in [3.05, 3.63) is 23.8 Å². The van der Waals surface area contributed by atoms with Crippen LogP contribution in [0, 0.1) is 0 Å². The third-order valence-electron chi connectivity index (χ3n) is 2.26. The Bertz CT molecular complexity index is 324. The molecule has 0 saturated carbocycles. The summed E-state index contributed by atoms with van der Waals surface area (Å²) in [6.45, 7) is 9.15. The standard InChI is InChI=1S/C13H20O2/c1-6-15-11-9-7-8-10(14-5)12(11)13(2,3)4/h7-9H,6H2,1-5H3. The molecule has 0 unspecified atom stereocenters. The molecule has 1 aromatic carbocycles. The normalized spacial score (nSPS) is 11.3. The lowest BCUT2D eigenvalue weighted by Gasteiger charge is -2.24. The predicted octanol–water partition coefficient (Wildman–Crippen LogP) is 3.39. The summed E-state index contributed by atoms with van der Waals surface area (Å²) >= 11 is 0. The number of benzene rings is 1. The SMILES string of the molecule is CCOc1cccc(OC)c1C(C)(C)C. The van der Waals surface area contributed by atoms with Gasteiger partial charge in [0.05, 0.1) is 13.7 Å². The van der Waals surface area contributed by atoms with Crippen LogP contribution >= 0.6 is 0 Å². The van der Waals surface area contributed by atoms with Crippen molar-refractivity contribution >= 4 is 0 Å². The molecule has 0 heterocycles. The van der Waals surface area contributed by atoms with Crippen molar-refractivity contribution in [1.82, 2.24) is 0 Å². The number of rotatable bonds is 3. The zero-order valence-electron chi connectivity index (χ0n) is 10.3. The van der Waals surface area contributed by atoms with E-state index in [1.807, 2.05) is 25.1 Å². The van der Waals surface area contributed by atoms with Crippen LogP contribution in [0.1, 0.15) is 33.3 Å². The molecule has 1 aromatic rings. The molecule has 0 aliphatic rings. The molecule has 0 atom stereocenters. The molecule has 0 aliphatic heterocycles. The molecule has 0 aromatic heterocycles. The second kappa shape index (κ2) is 4.56. The summed E-state index contributed by atoms with van der Waals surface area (Å²) in [7, 11) is 1.69. The molecular formula is C13H20O2. The van der Waals surface area contributed by atoms with Gasteiger partial charge >= 0.3 is 0 Å². The minimum atomic E-state index is 0.0249. The Hall–Kier alpha value is -1.18. The van der Waals surface area contributed by atoms with E-state index in [1.54, 1.807) is 7.11 Å². The molecule has 0 fully saturated rings. The Balaban J connectivity index is 3.27. The monoisotopic (exact) mass is 208 g/mol. The lowest BCUT2D eigenvalue weighted by Crippen LogP contribution is -2.15. The molecule has 0 N–H and O–H groups in total. The molecular weight excluding hydrogens is 188 g/mol. The summed E-state index contributed by atoms with van der Waals surface area (Å²) < 4.78 is 11.0. The van der Waals surface area contributed by atoms with Gasteiger partial charge in [-0.2, -0.15) is 0 Å². The molecule has 15 heavy (non-hydrogen) atoms. The highest BCUT2D eigenvalue weighted by atomic mass is 16.5. The van der Waals surface area contributed by atoms with Gasteiger partial charge in [0.1, 0.15) is 11.5 Å². The van der Waals surface area contributed by atoms with Crippen molar-refractivity contribution in [2.45, 2.75) is 33.1 Å². The summed E-state index contributed by atoms with van der Waals surface area (Å²) in [5.74, 6) is 1.82. The van der Waals surface area contributed by atoms with Gasteiger partial charge in [0, 0.05) is 5.56 Å². The molecule has 0 spiro atoms. The first kappa shape index (κ1) is 11.9. The Kier molecular flexibility index (Phi) is 3.61. The van der Waals surface area contributed by atoms with Crippen LogP contribution < -0.4 is 9.47 Å². The van der Waals surface area contributed by atoms with Crippen LogP contribution in [-0.4, -0.2) is 13.7 Å². The number of methoxy groups -OCH3 is 1. The average molecular weight is 208 g/mol. The summed E-state index contributed by atoms with van der Waals surface area (Å²) in [4.78, 5) is 0. The van der Waals surface area contributed by atoms with E-state index in [2.05, 4.69) is 20.8 Å². The van der Waals surface area contributed by atoms with Crippen molar-refractivity contribution in [2.24, 2.45) is 0 Å². The van der Waals surface area contributed by atoms with Gasteiger partial charge in [0.25, 0.3) is 0 Å². The Morgan fingerprint density at radius 1 is 1.13 bits per heavy atom. The van der Waals surface area contributed by atoms with Crippen LogP contribution in [-0.2, 0) is 5.41 Å². The van der Waals surface area contributed by atoms with Crippen LogP contribution in [0.5, 0.6) is 11.5 Å². The fourth-order valence-corrected chi connectivity index (χ4v) is 1.70. The van der Waals surface area contributed by atoms with E-state index in [0.717, 1.165) is 17.1 Å². The smallest absolute Gasteiger partial charge is 0.126 e. The summed E-state index contributed by atoms with van der Waals surface area (Å²) in [6.07, 6.45) is 0. The van der Waals surface area contributed by atoms with Gasteiger partial charge in [-0.3, -0.25) is 0 Å². The van der Waals surface area contributed by atoms with Crippen LogP contribution in [0.15, 0.2) is 18.2 Å². The van der Waals surface area contributed by atoms with Gasteiger partial charge in [-0.05, 0) is 24.5 Å². The van der Waals surface area contributed by atoms with Gasteiger partial charge in [-0.25, -0.2) is 0 Å². The maximum atomic E-state index is 5.63. The number of ether oxygens (including phenoxy) is 2. The van der Waals surface area contributed by atoms with Crippen molar-refractivity contribution in [3.63, 3.8) is 0 Å². The first-order chi connectivity index (χ1) is 7.00. The largest absolute Gasteiger partial charge is 0.496 e. The molecule has 1 rings (SSSR count). The lowest BCUT2D eigenvalue weighted by molar-refractivity contribution is 0.321. The van der Waals surface area contributed by atoms with Crippen LogP contribution in [0.25, 0.3) is 0 Å². The molecule has 2 nitrogen and oxygen atoms in total. The van der Waals surface area contributed by atoms with Crippen molar-refractivity contribution in [2.75, 3.05) is 13.7 Å². The van der Waals surface area contributed by atoms with E-state index in [-0.39, 0.29) is 5.41 Å². The number of hydrogen-bond acceptors (Lipinski definition) is 2. The maximum absolute atomic E-state index is 5.63. The average Bonchev–Trinajstić information content (AvgIpc) is 2.16. The van der Waals surface area contributed by atoms with E-state index in [9.17, 15) is 0 Å². The second-order valence-corrected chi connectivity index (χ2v) is 4.52. The maximum Gasteiger partial charge on any atom is 0.126 e. The summed E-state index contributed by atoms with van der Waals surface area (Å²) in [5.41, 5.74) is 1.16. The highest BCUT2D eigenvalue weighted by molar-refractivity contribution is 5.48. The Labute approximate surface area is 92.2 Å². The molecule has 0 saturated heterocycles. The molecule has 0 radical (unpaired) electrons. The minimum absolute atomic E-state index is 0.0249. The third-order valence-corrected chi connectivity index (χ3v) is 2.26. The van der Waals surface area contributed by atoms with Crippen LogP contribution in [0.2, 0.25) is 0 Å². The quantitative estimate of drug-likeness (QED) is 0.758. The van der Waals surface area contributed by atoms with E-state index in [4.69, 9.17) is 9.47 Å². The zero-order valence-corrected chi connectivity index (χ0v) is 10.3. The van der Waals surface area contributed by atoms with E-state index >= 15 is 0 Å². The fraction of sp³-hybridized carbons (Fsp3) is 0.538. The lowest BCUT2D eigenvalue weighted by atomic mass is 9.85. The van der Waals surface area contributed by atoms with Gasteiger partial charge in [0.2, 0.25) is 0 Å². The van der Waals surface area contributed by atoms with Crippen LogP contribution in [0.3, 0.4) is 0 Å². The summed E-state index contributed by atoms with van der Waals surface area (Å²) in [6, 6.07) is 5.93. The van der Waals surface area contributed by atoms with Crippen LogP contribution in [0.4, 0.5) is 0 Å². The van der Waals surface area contributed by atoms with E-state index in [0.29, 0.717) is 6.61 Å². The van der Waals surface area contributed by atoms with Gasteiger partial charge < -0.3 is 9.47 Å². The minimum Gasteiger partial charge on any atom is -0.496 e. The topological polar surface area (TPSA) is 18.5 Å². The Morgan fingerprint density at radius 3 is 2.20 bits per heavy atom. The molecule has 2 heteroatoms. The molecule has 0 bridgehead atoms. The highest BCUT2D eigenvalue weighted by Crippen LogP contribution is 2.38. The highest BCUT2D eigenvalue weighted by Gasteiger charge is 2.23. The number of hydrogen-bond donors (Lipinski definition) is 0. The van der Waals surface area contributed by atoms with Gasteiger partial charge in [0.15, 0.2) is 0 Å². The first-order valence-corrected chi connectivity index (χ1v) is 5.31. The van der Waals surface area contributed by atoms with Gasteiger partial charge in [-0.1, -0.05) is 26.8 Å². The zero-order chi connectivity index (χ0) is 11.5. The van der Waals surface area contributed by atoms with Crippen molar-refractivity contribution < 1.29 is 9.47 Å². The summed E-state index contributed by atoms with van der Waals surface area (Å²) in [5, 5.41) is 0. The third kappa shape index (κ3) is 2.65. The Morgan fingerprint density at radius 2 is 1.73 bits per heavy atom.